The third-order valence-electron chi connectivity index (χ3n) is 6.18. The van der Waals surface area contributed by atoms with Gasteiger partial charge in [-0.25, -0.2) is 4.98 Å². The normalized spacial score (nSPS) is 15.0. The number of aromatic nitrogens is 2. The standard InChI is InChI=1S/C27H21N3O3S2/c1-17-14-18-8-5-6-11-21(18)29(17)23(31)16-35-27-28-25-24(20(15-34-25)22-12-7-13-33-22)26(32)30(27)19-9-3-2-4-10-19/h2-13,15,17H,14,16H2,1H3/t17-/m1/s1. The molecule has 6 rings (SSSR count). The maximum atomic E-state index is 13.8. The molecule has 4 heterocycles. The van der Waals surface area contributed by atoms with Crippen LogP contribution in [0.15, 0.2) is 92.7 Å². The summed E-state index contributed by atoms with van der Waals surface area (Å²) in [5.41, 5.74) is 3.41. The Morgan fingerprint density at radius 2 is 1.91 bits per heavy atom. The van der Waals surface area contributed by atoms with E-state index in [-0.39, 0.29) is 23.3 Å². The summed E-state index contributed by atoms with van der Waals surface area (Å²) in [6, 6.07) is 21.2. The van der Waals surface area contributed by atoms with Gasteiger partial charge in [-0.2, -0.15) is 0 Å². The molecule has 3 aromatic heterocycles. The summed E-state index contributed by atoms with van der Waals surface area (Å²) in [6.07, 6.45) is 2.44. The van der Waals surface area contributed by atoms with Crippen molar-refractivity contribution in [1.82, 2.24) is 9.55 Å². The summed E-state index contributed by atoms with van der Waals surface area (Å²) in [5.74, 6) is 0.816. The number of amides is 1. The molecule has 0 spiro atoms. The number of para-hydroxylation sites is 2. The smallest absolute Gasteiger partial charge is 0.268 e. The Labute approximate surface area is 209 Å². The van der Waals surface area contributed by atoms with Crippen LogP contribution in [0.5, 0.6) is 0 Å². The fourth-order valence-corrected chi connectivity index (χ4v) is 6.47. The Hall–Kier alpha value is -3.62. The first-order valence-corrected chi connectivity index (χ1v) is 13.1. The number of rotatable bonds is 5. The van der Waals surface area contributed by atoms with Crippen LogP contribution >= 0.6 is 23.1 Å². The zero-order valence-electron chi connectivity index (χ0n) is 18.9. The lowest BCUT2D eigenvalue weighted by atomic mass is 10.1. The predicted octanol–water partition coefficient (Wildman–Crippen LogP) is 5.78. The summed E-state index contributed by atoms with van der Waals surface area (Å²) in [6.45, 7) is 2.06. The molecule has 0 bridgehead atoms. The molecule has 0 fully saturated rings. The largest absolute Gasteiger partial charge is 0.464 e. The quantitative estimate of drug-likeness (QED) is 0.227. The van der Waals surface area contributed by atoms with Gasteiger partial charge < -0.3 is 9.32 Å². The van der Waals surface area contributed by atoms with E-state index in [0.717, 1.165) is 17.7 Å². The maximum absolute atomic E-state index is 13.8. The van der Waals surface area contributed by atoms with E-state index in [1.54, 1.807) is 16.9 Å². The Bertz CT molecular complexity index is 1590. The average molecular weight is 500 g/mol. The molecule has 8 heteroatoms. The number of hydrogen-bond donors (Lipinski definition) is 0. The molecule has 1 atom stereocenters. The number of carbonyl (C=O) groups excluding carboxylic acids is 1. The Morgan fingerprint density at radius 3 is 2.71 bits per heavy atom. The van der Waals surface area contributed by atoms with Gasteiger partial charge in [-0.3, -0.25) is 14.2 Å². The first-order valence-electron chi connectivity index (χ1n) is 11.3. The van der Waals surface area contributed by atoms with Crippen molar-refractivity contribution in [2.24, 2.45) is 0 Å². The molecule has 5 aromatic rings. The summed E-state index contributed by atoms with van der Waals surface area (Å²) >= 11 is 2.70. The van der Waals surface area contributed by atoms with Crippen LogP contribution in [0.25, 0.3) is 27.2 Å². The van der Waals surface area contributed by atoms with E-state index in [2.05, 4.69) is 13.0 Å². The summed E-state index contributed by atoms with van der Waals surface area (Å²) in [7, 11) is 0. The first kappa shape index (κ1) is 21.9. The molecular formula is C27H21N3O3S2. The highest BCUT2D eigenvalue weighted by atomic mass is 32.2. The van der Waals surface area contributed by atoms with Crippen LogP contribution in [0.4, 0.5) is 5.69 Å². The van der Waals surface area contributed by atoms with Crippen LogP contribution < -0.4 is 10.5 Å². The number of nitrogens with zero attached hydrogens (tertiary/aromatic N) is 3. The lowest BCUT2D eigenvalue weighted by Crippen LogP contribution is -2.37. The SMILES string of the molecule is C[C@@H]1Cc2ccccc2N1C(=O)CSc1nc2scc(-c3ccco3)c2c(=O)n1-c1ccccc1. The highest BCUT2D eigenvalue weighted by molar-refractivity contribution is 7.99. The van der Waals surface area contributed by atoms with Crippen molar-refractivity contribution in [2.45, 2.75) is 24.5 Å². The van der Waals surface area contributed by atoms with Gasteiger partial charge in [0.1, 0.15) is 10.6 Å². The molecule has 1 amide bonds. The van der Waals surface area contributed by atoms with Gasteiger partial charge in [0, 0.05) is 22.7 Å². The summed E-state index contributed by atoms with van der Waals surface area (Å²) < 4.78 is 7.16. The number of carbonyl (C=O) groups is 1. The zero-order chi connectivity index (χ0) is 23.9. The van der Waals surface area contributed by atoms with E-state index in [1.807, 2.05) is 64.9 Å². The summed E-state index contributed by atoms with van der Waals surface area (Å²) in [5, 5.41) is 2.91. The van der Waals surface area contributed by atoms with Crippen molar-refractivity contribution in [2.75, 3.05) is 10.7 Å². The van der Waals surface area contributed by atoms with E-state index in [4.69, 9.17) is 9.40 Å². The van der Waals surface area contributed by atoms with Crippen molar-refractivity contribution in [1.29, 1.82) is 0 Å². The van der Waals surface area contributed by atoms with E-state index in [1.165, 1.54) is 28.7 Å². The Morgan fingerprint density at radius 1 is 1.11 bits per heavy atom. The van der Waals surface area contributed by atoms with E-state index in [0.29, 0.717) is 26.8 Å². The highest BCUT2D eigenvalue weighted by Crippen LogP contribution is 2.35. The second-order valence-corrected chi connectivity index (χ2v) is 10.2. The van der Waals surface area contributed by atoms with Gasteiger partial charge in [0.25, 0.3) is 5.56 Å². The minimum absolute atomic E-state index is 0.00358. The average Bonchev–Trinajstić information content (AvgIpc) is 3.61. The first-order chi connectivity index (χ1) is 17.1. The van der Waals surface area contributed by atoms with Crippen molar-refractivity contribution in [3.05, 3.63) is 94.3 Å². The van der Waals surface area contributed by atoms with Gasteiger partial charge in [0.15, 0.2) is 5.16 Å². The van der Waals surface area contributed by atoms with E-state index in [9.17, 15) is 9.59 Å². The van der Waals surface area contributed by atoms with Crippen molar-refractivity contribution in [3.8, 4) is 17.0 Å². The highest BCUT2D eigenvalue weighted by Gasteiger charge is 2.31. The molecule has 174 valence electrons. The minimum atomic E-state index is -0.177. The third-order valence-corrected chi connectivity index (χ3v) is 7.97. The Balaban J connectivity index is 1.40. The van der Waals surface area contributed by atoms with Crippen molar-refractivity contribution >= 4 is 44.9 Å². The molecule has 0 saturated carbocycles. The third kappa shape index (κ3) is 3.79. The maximum Gasteiger partial charge on any atom is 0.268 e. The molecule has 0 unspecified atom stereocenters. The van der Waals surface area contributed by atoms with E-state index < -0.39 is 0 Å². The zero-order valence-corrected chi connectivity index (χ0v) is 20.5. The van der Waals surface area contributed by atoms with Gasteiger partial charge in [-0.05, 0) is 49.2 Å². The second-order valence-electron chi connectivity index (χ2n) is 8.41. The minimum Gasteiger partial charge on any atom is -0.464 e. The van der Waals surface area contributed by atoms with Crippen molar-refractivity contribution in [3.63, 3.8) is 0 Å². The van der Waals surface area contributed by atoms with Gasteiger partial charge >= 0.3 is 0 Å². The lowest BCUT2D eigenvalue weighted by Gasteiger charge is -2.22. The number of anilines is 1. The predicted molar refractivity (Wildman–Crippen MR) is 141 cm³/mol. The molecule has 35 heavy (non-hydrogen) atoms. The molecule has 2 aromatic carbocycles. The topological polar surface area (TPSA) is 68.3 Å². The monoisotopic (exact) mass is 499 g/mol. The van der Waals surface area contributed by atoms with Crippen LogP contribution in [0, 0.1) is 0 Å². The van der Waals surface area contributed by atoms with Crippen LogP contribution in [-0.2, 0) is 11.2 Å². The number of fused-ring (bicyclic) bond motifs is 2. The number of thiophene rings is 1. The van der Waals surface area contributed by atoms with Gasteiger partial charge in [0.05, 0.1) is 23.1 Å². The number of benzene rings is 2. The van der Waals surface area contributed by atoms with Gasteiger partial charge in [0.2, 0.25) is 5.91 Å². The van der Waals surface area contributed by atoms with Crippen LogP contribution in [0.1, 0.15) is 12.5 Å². The van der Waals surface area contributed by atoms with Crippen LogP contribution in [-0.4, -0.2) is 27.3 Å². The number of furan rings is 1. The summed E-state index contributed by atoms with van der Waals surface area (Å²) in [4.78, 5) is 34.5. The molecule has 0 radical (unpaired) electrons. The molecular weight excluding hydrogens is 478 g/mol. The number of hydrogen-bond acceptors (Lipinski definition) is 6. The second kappa shape index (κ2) is 8.87. The molecule has 0 aliphatic carbocycles. The van der Waals surface area contributed by atoms with Gasteiger partial charge in [-0.1, -0.05) is 48.2 Å². The van der Waals surface area contributed by atoms with Gasteiger partial charge in [-0.15, -0.1) is 11.3 Å². The van der Waals surface area contributed by atoms with Crippen LogP contribution in [0.2, 0.25) is 0 Å². The van der Waals surface area contributed by atoms with Crippen molar-refractivity contribution < 1.29 is 9.21 Å². The van der Waals surface area contributed by atoms with Crippen LogP contribution in [0.3, 0.4) is 0 Å². The molecule has 1 aliphatic heterocycles. The Kier molecular flexibility index (Phi) is 5.54. The lowest BCUT2D eigenvalue weighted by molar-refractivity contribution is -0.116. The fraction of sp³-hybridized carbons (Fsp3) is 0.148. The molecule has 0 N–H and O–H groups in total. The number of thioether (sulfide) groups is 1. The van der Waals surface area contributed by atoms with E-state index >= 15 is 0 Å². The molecule has 0 saturated heterocycles. The molecule has 6 nitrogen and oxygen atoms in total. The molecule has 1 aliphatic rings. The fourth-order valence-electron chi connectivity index (χ4n) is 4.63.